The van der Waals surface area contributed by atoms with Gasteiger partial charge in [0.05, 0.1) is 46.4 Å². The summed E-state index contributed by atoms with van der Waals surface area (Å²) in [5.41, 5.74) is 3.10. The highest BCUT2D eigenvalue weighted by atomic mass is 32.2. The molecule has 188 valence electrons. The molecule has 12 heteroatoms. The molecule has 0 aromatic carbocycles. The maximum absolute atomic E-state index is 14.6. The van der Waals surface area contributed by atoms with E-state index in [0.29, 0.717) is 78.9 Å². The summed E-state index contributed by atoms with van der Waals surface area (Å²) in [6.45, 7) is 2.88. The third kappa shape index (κ3) is 5.25. The summed E-state index contributed by atoms with van der Waals surface area (Å²) >= 11 is 1.48. The van der Waals surface area contributed by atoms with Crippen LogP contribution in [0.15, 0.2) is 40.5 Å². The van der Waals surface area contributed by atoms with E-state index in [1.54, 1.807) is 12.1 Å². The standard InChI is InChI=1S/C24H26FN7O3S/c1-35-22-5-3-18-23(30-22)16(17(25)10-27-18)6-7-32-11-14(19(12-32)31-34)8-26-9-15-2-4-20-24(28-15)29-21(33)13-36-20/h2-5,10,14,26,34H,6-9,11-13H2,1H3,(H,28,29,33)/t14-/m1/s1. The molecule has 36 heavy (non-hydrogen) atoms. The first-order valence-electron chi connectivity index (χ1n) is 11.6. The predicted molar refractivity (Wildman–Crippen MR) is 134 cm³/mol. The molecular formula is C24H26FN7O3S. The fraction of sp³-hybridized carbons (Fsp3) is 0.375. The lowest BCUT2D eigenvalue weighted by Gasteiger charge is -2.17. The molecule has 0 spiro atoms. The molecule has 0 unspecified atom stereocenters. The van der Waals surface area contributed by atoms with Crippen LogP contribution in [0.1, 0.15) is 11.3 Å². The van der Waals surface area contributed by atoms with Crippen molar-refractivity contribution >= 4 is 40.2 Å². The van der Waals surface area contributed by atoms with E-state index < -0.39 is 5.82 Å². The topological polar surface area (TPSA) is 125 Å². The second-order valence-electron chi connectivity index (χ2n) is 8.70. The fourth-order valence-electron chi connectivity index (χ4n) is 4.48. The van der Waals surface area contributed by atoms with Crippen LogP contribution in [0.2, 0.25) is 0 Å². The van der Waals surface area contributed by atoms with Crippen LogP contribution in [0.4, 0.5) is 10.2 Å². The van der Waals surface area contributed by atoms with Gasteiger partial charge in [-0.1, -0.05) is 5.16 Å². The minimum atomic E-state index is -0.399. The molecule has 3 N–H and O–H groups in total. The van der Waals surface area contributed by atoms with E-state index >= 15 is 0 Å². The van der Waals surface area contributed by atoms with Gasteiger partial charge >= 0.3 is 0 Å². The SMILES string of the molecule is COc1ccc2ncc(F)c(CCN3CC(=NO)[C@H](CNCc4ccc5c(n4)NC(=O)CS5)C3)c2n1. The van der Waals surface area contributed by atoms with Crippen molar-refractivity contribution in [2.24, 2.45) is 11.1 Å². The molecule has 3 aromatic heterocycles. The number of methoxy groups -OCH3 is 1. The first-order chi connectivity index (χ1) is 17.5. The molecule has 5 rings (SSSR count). The van der Waals surface area contributed by atoms with Crippen molar-refractivity contribution in [1.29, 1.82) is 0 Å². The molecule has 1 atom stereocenters. The highest BCUT2D eigenvalue weighted by Gasteiger charge is 2.29. The molecule has 0 radical (unpaired) electrons. The summed E-state index contributed by atoms with van der Waals surface area (Å²) in [6, 6.07) is 7.37. The number of aromatic nitrogens is 3. The number of ether oxygens (including phenoxy) is 1. The lowest BCUT2D eigenvalue weighted by molar-refractivity contribution is -0.113. The maximum atomic E-state index is 14.6. The van der Waals surface area contributed by atoms with E-state index in [4.69, 9.17) is 4.74 Å². The number of nitrogens with one attached hydrogen (secondary N) is 2. The Hall–Kier alpha value is -3.35. The van der Waals surface area contributed by atoms with Crippen LogP contribution >= 0.6 is 11.8 Å². The average molecular weight is 512 g/mol. The lowest BCUT2D eigenvalue weighted by Crippen LogP contribution is -2.29. The minimum Gasteiger partial charge on any atom is -0.481 e. The molecule has 1 fully saturated rings. The molecule has 5 heterocycles. The van der Waals surface area contributed by atoms with E-state index in [1.807, 2.05) is 12.1 Å². The molecule has 3 aromatic rings. The Balaban J connectivity index is 1.18. The monoisotopic (exact) mass is 511 g/mol. The number of pyridine rings is 3. The zero-order valence-corrected chi connectivity index (χ0v) is 20.5. The number of anilines is 1. The number of oxime groups is 1. The molecular weight excluding hydrogens is 485 g/mol. The van der Waals surface area contributed by atoms with E-state index in [1.165, 1.54) is 25.1 Å². The number of hydrogen-bond donors (Lipinski definition) is 3. The van der Waals surface area contributed by atoms with Crippen molar-refractivity contribution < 1.29 is 19.1 Å². The third-order valence-corrected chi connectivity index (χ3v) is 7.37. The zero-order chi connectivity index (χ0) is 25.1. The summed E-state index contributed by atoms with van der Waals surface area (Å²) in [6.07, 6.45) is 1.66. The maximum Gasteiger partial charge on any atom is 0.235 e. The van der Waals surface area contributed by atoms with Crippen LogP contribution in [-0.4, -0.2) is 75.7 Å². The van der Waals surface area contributed by atoms with Gasteiger partial charge in [0.1, 0.15) is 11.6 Å². The minimum absolute atomic E-state index is 0.0140. The van der Waals surface area contributed by atoms with Crippen molar-refractivity contribution in [2.75, 3.05) is 44.4 Å². The number of rotatable bonds is 8. The Kier molecular flexibility index (Phi) is 7.25. The van der Waals surface area contributed by atoms with Gasteiger partial charge in [-0.3, -0.25) is 14.7 Å². The highest BCUT2D eigenvalue weighted by molar-refractivity contribution is 8.00. The van der Waals surface area contributed by atoms with Gasteiger partial charge in [0, 0.05) is 50.3 Å². The van der Waals surface area contributed by atoms with Crippen molar-refractivity contribution in [3.63, 3.8) is 0 Å². The number of amides is 1. The van der Waals surface area contributed by atoms with Crippen LogP contribution in [0.3, 0.4) is 0 Å². The molecule has 2 aliphatic rings. The van der Waals surface area contributed by atoms with Crippen LogP contribution in [0.25, 0.3) is 11.0 Å². The molecule has 10 nitrogen and oxygen atoms in total. The largest absolute Gasteiger partial charge is 0.481 e. The van der Waals surface area contributed by atoms with Gasteiger partial charge in [0.25, 0.3) is 0 Å². The van der Waals surface area contributed by atoms with Gasteiger partial charge in [-0.15, -0.1) is 11.8 Å². The number of likely N-dealkylation sites (tertiary alicyclic amines) is 1. The molecule has 2 aliphatic heterocycles. The smallest absolute Gasteiger partial charge is 0.235 e. The van der Waals surface area contributed by atoms with Gasteiger partial charge in [-0.2, -0.15) is 0 Å². The van der Waals surface area contributed by atoms with E-state index in [9.17, 15) is 14.4 Å². The summed E-state index contributed by atoms with van der Waals surface area (Å²) in [5, 5.41) is 19.2. The number of thioether (sulfide) groups is 1. The number of hydrogen-bond acceptors (Lipinski definition) is 10. The van der Waals surface area contributed by atoms with Crippen LogP contribution < -0.4 is 15.4 Å². The summed E-state index contributed by atoms with van der Waals surface area (Å²) in [7, 11) is 1.52. The second-order valence-corrected chi connectivity index (χ2v) is 9.71. The summed E-state index contributed by atoms with van der Waals surface area (Å²) < 4.78 is 19.8. The quantitative estimate of drug-likeness (QED) is 0.309. The number of halogens is 1. The zero-order valence-electron chi connectivity index (χ0n) is 19.7. The first kappa shape index (κ1) is 24.3. The van der Waals surface area contributed by atoms with Gasteiger partial charge in [0.2, 0.25) is 11.8 Å². The molecule has 0 aliphatic carbocycles. The normalized spacial score (nSPS) is 19.0. The lowest BCUT2D eigenvalue weighted by atomic mass is 10.1. The highest BCUT2D eigenvalue weighted by Crippen LogP contribution is 2.29. The summed E-state index contributed by atoms with van der Waals surface area (Å²) in [5.74, 6) is 0.983. The fourth-order valence-corrected chi connectivity index (χ4v) is 5.24. The molecule has 1 saturated heterocycles. The van der Waals surface area contributed by atoms with E-state index in [0.717, 1.165) is 10.6 Å². The molecule has 1 amide bonds. The number of carbonyl (C=O) groups is 1. The third-order valence-electron chi connectivity index (χ3n) is 6.32. The first-order valence-corrected chi connectivity index (χ1v) is 12.6. The van der Waals surface area contributed by atoms with Crippen molar-refractivity contribution in [2.45, 2.75) is 17.9 Å². The number of carbonyl (C=O) groups excluding carboxylic acids is 1. The van der Waals surface area contributed by atoms with E-state index in [2.05, 4.69) is 35.6 Å². The Morgan fingerprint density at radius 3 is 3.06 bits per heavy atom. The van der Waals surface area contributed by atoms with Crippen molar-refractivity contribution in [3.05, 3.63) is 47.5 Å². The van der Waals surface area contributed by atoms with Crippen LogP contribution in [-0.2, 0) is 17.8 Å². The van der Waals surface area contributed by atoms with Crippen molar-refractivity contribution in [3.8, 4) is 5.88 Å². The second kappa shape index (κ2) is 10.7. The Bertz CT molecular complexity index is 1320. The van der Waals surface area contributed by atoms with Crippen LogP contribution in [0, 0.1) is 11.7 Å². The van der Waals surface area contributed by atoms with Crippen molar-refractivity contribution in [1.82, 2.24) is 25.2 Å². The average Bonchev–Trinajstić information content (AvgIpc) is 3.29. The van der Waals surface area contributed by atoms with Gasteiger partial charge in [-0.25, -0.2) is 14.4 Å². The van der Waals surface area contributed by atoms with Gasteiger partial charge < -0.3 is 20.6 Å². The Morgan fingerprint density at radius 2 is 2.22 bits per heavy atom. The molecule has 0 saturated carbocycles. The summed E-state index contributed by atoms with van der Waals surface area (Å²) in [4.78, 5) is 27.8. The Labute approximate surface area is 211 Å². The van der Waals surface area contributed by atoms with Crippen LogP contribution in [0.5, 0.6) is 5.88 Å². The van der Waals surface area contributed by atoms with E-state index in [-0.39, 0.29) is 11.8 Å². The predicted octanol–water partition coefficient (Wildman–Crippen LogP) is 2.31. The Morgan fingerprint density at radius 1 is 1.33 bits per heavy atom. The molecule has 0 bridgehead atoms. The number of nitrogens with zero attached hydrogens (tertiary/aromatic N) is 5. The van der Waals surface area contributed by atoms with Gasteiger partial charge in [0.15, 0.2) is 0 Å². The number of fused-ring (bicyclic) bond motifs is 2. The van der Waals surface area contributed by atoms with Gasteiger partial charge in [-0.05, 0) is 24.6 Å².